The summed E-state index contributed by atoms with van der Waals surface area (Å²) >= 11 is 0. The van der Waals surface area contributed by atoms with Crippen LogP contribution in [-0.4, -0.2) is 47.8 Å². The van der Waals surface area contributed by atoms with Crippen LogP contribution in [-0.2, 0) is 11.2 Å². The van der Waals surface area contributed by atoms with Crippen molar-refractivity contribution in [1.82, 2.24) is 9.80 Å². The first-order chi connectivity index (χ1) is 14.7. The Labute approximate surface area is 179 Å². The lowest BCUT2D eigenvalue weighted by molar-refractivity contribution is -0.137. The average molecular weight is 405 g/mol. The highest BCUT2D eigenvalue weighted by Gasteiger charge is 2.35. The van der Waals surface area contributed by atoms with Crippen molar-refractivity contribution in [2.45, 2.75) is 38.5 Å². The van der Waals surface area contributed by atoms with Gasteiger partial charge in [0, 0.05) is 37.7 Å². The summed E-state index contributed by atoms with van der Waals surface area (Å²) in [6, 6.07) is 20.0. The topological polar surface area (TPSA) is 40.6 Å². The van der Waals surface area contributed by atoms with Gasteiger partial charge < -0.3 is 9.80 Å². The second-order valence-corrected chi connectivity index (χ2v) is 8.66. The predicted octanol–water partition coefficient (Wildman–Crippen LogP) is 4.41. The highest BCUT2D eigenvalue weighted by molar-refractivity contribution is 5.94. The molecule has 0 aliphatic carbocycles. The van der Waals surface area contributed by atoms with Crippen molar-refractivity contribution in [1.29, 1.82) is 0 Å². The monoisotopic (exact) mass is 404 g/mol. The number of piperidine rings is 1. The van der Waals surface area contributed by atoms with Crippen LogP contribution >= 0.6 is 0 Å². The molecule has 2 fully saturated rings. The minimum atomic E-state index is 0.116. The Morgan fingerprint density at radius 3 is 2.20 bits per heavy atom. The summed E-state index contributed by atoms with van der Waals surface area (Å²) in [6.45, 7) is 3.20. The van der Waals surface area contributed by atoms with E-state index in [4.69, 9.17) is 0 Å². The molecule has 2 aliphatic rings. The van der Waals surface area contributed by atoms with E-state index in [1.165, 1.54) is 5.56 Å². The molecular formula is C26H32N2O2. The van der Waals surface area contributed by atoms with Crippen LogP contribution in [0.5, 0.6) is 0 Å². The summed E-state index contributed by atoms with van der Waals surface area (Å²) in [7, 11) is 0. The number of hydrogen-bond donors (Lipinski definition) is 0. The van der Waals surface area contributed by atoms with Gasteiger partial charge >= 0.3 is 0 Å². The second kappa shape index (κ2) is 9.92. The molecule has 30 heavy (non-hydrogen) atoms. The van der Waals surface area contributed by atoms with Gasteiger partial charge in [-0.2, -0.15) is 0 Å². The lowest BCUT2D eigenvalue weighted by atomic mass is 9.81. The van der Waals surface area contributed by atoms with Crippen molar-refractivity contribution in [3.63, 3.8) is 0 Å². The van der Waals surface area contributed by atoms with Crippen LogP contribution in [0.1, 0.15) is 48.0 Å². The Morgan fingerprint density at radius 1 is 0.833 bits per heavy atom. The summed E-state index contributed by atoms with van der Waals surface area (Å²) in [5.74, 6) is 0.980. The number of amides is 2. The van der Waals surface area contributed by atoms with Crippen LogP contribution in [0, 0.1) is 11.8 Å². The predicted molar refractivity (Wildman–Crippen MR) is 119 cm³/mol. The van der Waals surface area contributed by atoms with E-state index in [0.29, 0.717) is 11.8 Å². The zero-order valence-electron chi connectivity index (χ0n) is 17.7. The van der Waals surface area contributed by atoms with E-state index in [1.807, 2.05) is 41.3 Å². The molecule has 4 heteroatoms. The van der Waals surface area contributed by atoms with Crippen molar-refractivity contribution < 1.29 is 9.59 Å². The number of rotatable bonds is 5. The fourth-order valence-corrected chi connectivity index (χ4v) is 4.97. The lowest BCUT2D eigenvalue weighted by Crippen LogP contribution is -2.44. The molecule has 0 saturated carbocycles. The Balaban J connectivity index is 1.34. The third-order valence-corrected chi connectivity index (χ3v) is 6.75. The van der Waals surface area contributed by atoms with E-state index >= 15 is 0 Å². The SMILES string of the molecule is O=C(c1ccccc1)N1CCC([C@H]2CCCCN(CCc3ccccc3)C2=O)CC1. The van der Waals surface area contributed by atoms with Crippen molar-refractivity contribution >= 4 is 11.8 Å². The Hall–Kier alpha value is -2.62. The Bertz CT molecular complexity index is 829. The zero-order valence-corrected chi connectivity index (χ0v) is 17.7. The lowest BCUT2D eigenvalue weighted by Gasteiger charge is -2.36. The zero-order chi connectivity index (χ0) is 20.8. The Kier molecular flexibility index (Phi) is 6.83. The standard InChI is InChI=1S/C26H32N2O2/c29-25(23-11-5-2-6-12-23)28-19-15-22(16-20-28)24-13-7-8-17-27(26(24)30)18-14-21-9-3-1-4-10-21/h1-6,9-12,22,24H,7-8,13-20H2/t24-/m1/s1. The van der Waals surface area contributed by atoms with Crippen LogP contribution in [0.3, 0.4) is 0 Å². The molecule has 2 aliphatic heterocycles. The van der Waals surface area contributed by atoms with Gasteiger partial charge in [-0.3, -0.25) is 9.59 Å². The van der Waals surface area contributed by atoms with Gasteiger partial charge in [-0.1, -0.05) is 55.0 Å². The van der Waals surface area contributed by atoms with E-state index in [0.717, 1.165) is 70.3 Å². The molecule has 0 radical (unpaired) electrons. The molecule has 4 nitrogen and oxygen atoms in total. The maximum atomic E-state index is 13.3. The van der Waals surface area contributed by atoms with Crippen LogP contribution in [0.2, 0.25) is 0 Å². The number of likely N-dealkylation sites (tertiary alicyclic amines) is 2. The van der Waals surface area contributed by atoms with Gasteiger partial charge in [-0.05, 0) is 55.7 Å². The summed E-state index contributed by atoms with van der Waals surface area (Å²) < 4.78 is 0. The summed E-state index contributed by atoms with van der Waals surface area (Å²) in [6.07, 6.45) is 6.01. The molecule has 4 rings (SSSR count). The average Bonchev–Trinajstić information content (AvgIpc) is 3.00. The molecule has 0 spiro atoms. The van der Waals surface area contributed by atoms with Crippen LogP contribution in [0.25, 0.3) is 0 Å². The van der Waals surface area contributed by atoms with E-state index in [2.05, 4.69) is 29.2 Å². The maximum Gasteiger partial charge on any atom is 0.253 e. The van der Waals surface area contributed by atoms with Crippen molar-refractivity contribution in [3.8, 4) is 0 Å². The smallest absolute Gasteiger partial charge is 0.253 e. The highest BCUT2D eigenvalue weighted by atomic mass is 16.2. The third-order valence-electron chi connectivity index (χ3n) is 6.75. The Morgan fingerprint density at radius 2 is 1.50 bits per heavy atom. The first-order valence-corrected chi connectivity index (χ1v) is 11.4. The number of carbonyl (C=O) groups excluding carboxylic acids is 2. The van der Waals surface area contributed by atoms with Crippen molar-refractivity contribution in [2.75, 3.05) is 26.2 Å². The summed E-state index contributed by atoms with van der Waals surface area (Å²) in [5.41, 5.74) is 2.05. The number of hydrogen-bond acceptors (Lipinski definition) is 2. The van der Waals surface area contributed by atoms with Crippen LogP contribution in [0.15, 0.2) is 60.7 Å². The minimum absolute atomic E-state index is 0.116. The normalized spacial score (nSPS) is 20.8. The first-order valence-electron chi connectivity index (χ1n) is 11.4. The van der Waals surface area contributed by atoms with E-state index in [-0.39, 0.29) is 11.8 Å². The molecule has 158 valence electrons. The minimum Gasteiger partial charge on any atom is -0.342 e. The van der Waals surface area contributed by atoms with Gasteiger partial charge in [0.05, 0.1) is 0 Å². The molecule has 2 amide bonds. The molecule has 0 unspecified atom stereocenters. The molecule has 2 saturated heterocycles. The molecule has 0 bridgehead atoms. The van der Waals surface area contributed by atoms with E-state index < -0.39 is 0 Å². The number of nitrogens with zero attached hydrogens (tertiary/aromatic N) is 2. The second-order valence-electron chi connectivity index (χ2n) is 8.66. The molecule has 2 aromatic rings. The highest BCUT2D eigenvalue weighted by Crippen LogP contribution is 2.32. The van der Waals surface area contributed by atoms with Crippen LogP contribution in [0.4, 0.5) is 0 Å². The first kappa shape index (κ1) is 20.6. The molecule has 0 aromatic heterocycles. The van der Waals surface area contributed by atoms with Gasteiger partial charge in [-0.15, -0.1) is 0 Å². The van der Waals surface area contributed by atoms with Gasteiger partial charge in [-0.25, -0.2) is 0 Å². The number of benzene rings is 2. The summed E-state index contributed by atoms with van der Waals surface area (Å²) in [4.78, 5) is 30.1. The number of carbonyl (C=O) groups is 2. The van der Waals surface area contributed by atoms with E-state index in [9.17, 15) is 9.59 Å². The third kappa shape index (κ3) is 4.92. The van der Waals surface area contributed by atoms with Crippen molar-refractivity contribution in [3.05, 3.63) is 71.8 Å². The van der Waals surface area contributed by atoms with E-state index in [1.54, 1.807) is 0 Å². The molecular weight excluding hydrogens is 372 g/mol. The molecule has 0 N–H and O–H groups in total. The van der Waals surface area contributed by atoms with Crippen LogP contribution < -0.4 is 0 Å². The molecule has 2 aromatic carbocycles. The van der Waals surface area contributed by atoms with Gasteiger partial charge in [0.15, 0.2) is 0 Å². The largest absolute Gasteiger partial charge is 0.342 e. The fraction of sp³-hybridized carbons (Fsp3) is 0.462. The molecule has 2 heterocycles. The van der Waals surface area contributed by atoms with Gasteiger partial charge in [0.25, 0.3) is 5.91 Å². The fourth-order valence-electron chi connectivity index (χ4n) is 4.97. The van der Waals surface area contributed by atoms with Crippen molar-refractivity contribution in [2.24, 2.45) is 11.8 Å². The maximum absolute atomic E-state index is 13.3. The van der Waals surface area contributed by atoms with Gasteiger partial charge in [0.2, 0.25) is 5.91 Å². The summed E-state index contributed by atoms with van der Waals surface area (Å²) in [5, 5.41) is 0. The quantitative estimate of drug-likeness (QED) is 0.741. The van der Waals surface area contributed by atoms with Gasteiger partial charge in [0.1, 0.15) is 0 Å². The molecule has 1 atom stereocenters.